The number of hydrogen-bond donors (Lipinski definition) is 1. The maximum absolute atomic E-state index is 12.7. The van der Waals surface area contributed by atoms with Gasteiger partial charge in [0, 0.05) is 17.8 Å². The van der Waals surface area contributed by atoms with Gasteiger partial charge in [-0.05, 0) is 61.9 Å². The van der Waals surface area contributed by atoms with E-state index >= 15 is 0 Å². The van der Waals surface area contributed by atoms with Crippen LogP contribution < -0.4 is 24.4 Å². The van der Waals surface area contributed by atoms with Crippen LogP contribution in [0.2, 0.25) is 0 Å². The van der Waals surface area contributed by atoms with Gasteiger partial charge in [0.15, 0.2) is 6.61 Å². The lowest BCUT2D eigenvalue weighted by molar-refractivity contribution is -0.121. The van der Waals surface area contributed by atoms with Crippen molar-refractivity contribution >= 4 is 23.2 Å². The zero-order valence-corrected chi connectivity index (χ0v) is 18.7. The van der Waals surface area contributed by atoms with Crippen molar-refractivity contribution in [2.24, 2.45) is 0 Å². The predicted molar refractivity (Wildman–Crippen MR) is 127 cm³/mol. The maximum Gasteiger partial charge on any atom is 0.265 e. The fourth-order valence-corrected chi connectivity index (χ4v) is 3.54. The highest BCUT2D eigenvalue weighted by Crippen LogP contribution is 2.35. The number of benzene rings is 3. The summed E-state index contributed by atoms with van der Waals surface area (Å²) in [6.07, 6.45) is 0.652. The first-order valence-electron chi connectivity index (χ1n) is 10.8. The predicted octanol–water partition coefficient (Wildman–Crippen LogP) is 4.45. The Labute approximate surface area is 192 Å². The van der Waals surface area contributed by atoms with E-state index in [2.05, 4.69) is 5.32 Å². The van der Waals surface area contributed by atoms with Crippen LogP contribution in [-0.2, 0) is 4.79 Å². The number of aryl methyl sites for hydroxylation is 1. The van der Waals surface area contributed by atoms with Crippen molar-refractivity contribution in [3.8, 4) is 17.2 Å². The summed E-state index contributed by atoms with van der Waals surface area (Å²) in [5.74, 6) is 1.61. The number of nitrogens with zero attached hydrogens (tertiary/aromatic N) is 1. The molecule has 33 heavy (non-hydrogen) atoms. The molecular weight excluding hydrogens is 420 g/mol. The van der Waals surface area contributed by atoms with E-state index in [-0.39, 0.29) is 18.4 Å². The van der Waals surface area contributed by atoms with Crippen molar-refractivity contribution in [3.63, 3.8) is 0 Å². The highest BCUT2D eigenvalue weighted by molar-refractivity contribution is 6.05. The van der Waals surface area contributed by atoms with Crippen LogP contribution >= 0.6 is 0 Å². The zero-order valence-electron chi connectivity index (χ0n) is 18.7. The number of nitrogens with one attached hydrogen (secondary N) is 1. The third-order valence-electron chi connectivity index (χ3n) is 5.31. The standard InChI is InChI=1S/C26H26N2O5/c1-18-7-10-21(11-8-18)32-14-4-13-28-23-16-20(9-12-24(23)33-17-25(28)29)27-26(30)19-5-3-6-22(15-19)31-2/h3,5-12,15-16H,4,13-14,17H2,1-2H3,(H,27,30). The monoisotopic (exact) mass is 446 g/mol. The van der Waals surface area contributed by atoms with Gasteiger partial charge in [0.05, 0.1) is 19.4 Å². The van der Waals surface area contributed by atoms with Crippen LogP contribution in [0.25, 0.3) is 0 Å². The SMILES string of the molecule is COc1cccc(C(=O)Nc2ccc3c(c2)N(CCCOc2ccc(C)cc2)C(=O)CO3)c1. The number of ether oxygens (including phenoxy) is 3. The van der Waals surface area contributed by atoms with Gasteiger partial charge in [0.25, 0.3) is 11.8 Å². The molecule has 3 aromatic carbocycles. The first kappa shape index (κ1) is 22.2. The number of methoxy groups -OCH3 is 1. The molecule has 0 fully saturated rings. The van der Waals surface area contributed by atoms with Gasteiger partial charge in [0.1, 0.15) is 17.2 Å². The van der Waals surface area contributed by atoms with E-state index in [9.17, 15) is 9.59 Å². The Kier molecular flexibility index (Phi) is 6.78. The van der Waals surface area contributed by atoms with E-state index in [0.717, 1.165) is 5.75 Å². The van der Waals surface area contributed by atoms with E-state index < -0.39 is 0 Å². The molecule has 0 bridgehead atoms. The molecule has 1 aliphatic rings. The molecule has 7 heteroatoms. The Morgan fingerprint density at radius 3 is 2.67 bits per heavy atom. The summed E-state index contributed by atoms with van der Waals surface area (Å²) in [4.78, 5) is 26.9. The van der Waals surface area contributed by atoms with Gasteiger partial charge in [-0.3, -0.25) is 9.59 Å². The summed E-state index contributed by atoms with van der Waals surface area (Å²) < 4.78 is 16.5. The van der Waals surface area contributed by atoms with Gasteiger partial charge in [-0.1, -0.05) is 23.8 Å². The highest BCUT2D eigenvalue weighted by atomic mass is 16.5. The molecular formula is C26H26N2O5. The Morgan fingerprint density at radius 2 is 1.88 bits per heavy atom. The molecule has 0 aliphatic carbocycles. The topological polar surface area (TPSA) is 77.1 Å². The van der Waals surface area contributed by atoms with E-state index in [4.69, 9.17) is 14.2 Å². The minimum atomic E-state index is -0.269. The average Bonchev–Trinajstić information content (AvgIpc) is 2.84. The molecule has 0 radical (unpaired) electrons. The van der Waals surface area contributed by atoms with Crippen molar-refractivity contribution in [1.29, 1.82) is 0 Å². The van der Waals surface area contributed by atoms with E-state index in [1.807, 2.05) is 31.2 Å². The minimum Gasteiger partial charge on any atom is -0.497 e. The van der Waals surface area contributed by atoms with E-state index in [1.54, 1.807) is 54.5 Å². The summed E-state index contributed by atoms with van der Waals surface area (Å²) in [5, 5.41) is 2.88. The maximum atomic E-state index is 12.7. The lowest BCUT2D eigenvalue weighted by Gasteiger charge is -2.30. The van der Waals surface area contributed by atoms with Gasteiger partial charge in [-0.25, -0.2) is 0 Å². The van der Waals surface area contributed by atoms with Crippen molar-refractivity contribution in [3.05, 3.63) is 77.9 Å². The number of carbonyl (C=O) groups excluding carboxylic acids is 2. The van der Waals surface area contributed by atoms with Crippen LogP contribution in [0.1, 0.15) is 22.3 Å². The Balaban J connectivity index is 1.42. The van der Waals surface area contributed by atoms with Gasteiger partial charge in [0.2, 0.25) is 0 Å². The molecule has 170 valence electrons. The first-order valence-corrected chi connectivity index (χ1v) is 10.8. The molecule has 0 atom stereocenters. The third kappa shape index (κ3) is 5.44. The van der Waals surface area contributed by atoms with Crippen LogP contribution in [0, 0.1) is 6.92 Å². The number of amides is 2. The summed E-state index contributed by atoms with van der Waals surface area (Å²) >= 11 is 0. The van der Waals surface area contributed by atoms with E-state index in [0.29, 0.717) is 48.0 Å². The summed E-state index contributed by atoms with van der Waals surface area (Å²) in [6.45, 7) is 2.98. The molecule has 3 aromatic rings. The van der Waals surface area contributed by atoms with E-state index in [1.165, 1.54) is 5.56 Å². The lowest BCUT2D eigenvalue weighted by atomic mass is 10.1. The smallest absolute Gasteiger partial charge is 0.265 e. The minimum absolute atomic E-state index is 0.0126. The molecule has 0 unspecified atom stereocenters. The molecule has 1 aliphatic heterocycles. The molecule has 0 spiro atoms. The molecule has 0 saturated heterocycles. The number of rotatable bonds is 8. The number of anilines is 2. The fourth-order valence-electron chi connectivity index (χ4n) is 3.54. The summed E-state index contributed by atoms with van der Waals surface area (Å²) in [5.41, 5.74) is 2.85. The van der Waals surface area contributed by atoms with Crippen LogP contribution in [0.3, 0.4) is 0 Å². The number of carbonyl (C=O) groups is 2. The molecule has 1 heterocycles. The molecule has 4 rings (SSSR count). The average molecular weight is 447 g/mol. The normalized spacial score (nSPS) is 12.5. The number of hydrogen-bond acceptors (Lipinski definition) is 5. The third-order valence-corrected chi connectivity index (χ3v) is 5.31. The quantitative estimate of drug-likeness (QED) is 0.518. The molecule has 2 amide bonds. The molecule has 7 nitrogen and oxygen atoms in total. The Hall–Kier alpha value is -4.00. The van der Waals surface area contributed by atoms with Crippen molar-refractivity contribution < 1.29 is 23.8 Å². The molecule has 1 N–H and O–H groups in total. The summed E-state index contributed by atoms with van der Waals surface area (Å²) in [7, 11) is 1.55. The summed E-state index contributed by atoms with van der Waals surface area (Å²) in [6, 6.07) is 20.0. The van der Waals surface area contributed by atoms with Crippen molar-refractivity contribution in [2.75, 3.05) is 37.1 Å². The largest absolute Gasteiger partial charge is 0.497 e. The second-order valence-corrected chi connectivity index (χ2v) is 7.72. The fraction of sp³-hybridized carbons (Fsp3) is 0.231. The molecule has 0 saturated carbocycles. The van der Waals surface area contributed by atoms with Crippen LogP contribution in [0.4, 0.5) is 11.4 Å². The first-order chi connectivity index (χ1) is 16.0. The van der Waals surface area contributed by atoms with Gasteiger partial charge in [-0.2, -0.15) is 0 Å². The van der Waals surface area contributed by atoms with Crippen LogP contribution in [-0.4, -0.2) is 38.7 Å². The van der Waals surface area contributed by atoms with Crippen molar-refractivity contribution in [2.45, 2.75) is 13.3 Å². The second-order valence-electron chi connectivity index (χ2n) is 7.72. The Morgan fingerprint density at radius 1 is 1.06 bits per heavy atom. The lowest BCUT2D eigenvalue weighted by Crippen LogP contribution is -2.39. The van der Waals surface area contributed by atoms with Crippen LogP contribution in [0.15, 0.2) is 66.7 Å². The number of fused-ring (bicyclic) bond motifs is 1. The Bertz CT molecular complexity index is 1140. The van der Waals surface area contributed by atoms with Gasteiger partial charge < -0.3 is 24.4 Å². The van der Waals surface area contributed by atoms with Gasteiger partial charge >= 0.3 is 0 Å². The second kappa shape index (κ2) is 10.1. The van der Waals surface area contributed by atoms with Gasteiger partial charge in [-0.15, -0.1) is 0 Å². The zero-order chi connectivity index (χ0) is 23.2. The van der Waals surface area contributed by atoms with Crippen LogP contribution in [0.5, 0.6) is 17.2 Å². The molecule has 0 aromatic heterocycles. The highest BCUT2D eigenvalue weighted by Gasteiger charge is 2.25. The van der Waals surface area contributed by atoms with Crippen molar-refractivity contribution in [1.82, 2.24) is 0 Å².